The van der Waals surface area contributed by atoms with Crippen LogP contribution < -0.4 is 0 Å². The lowest BCUT2D eigenvalue weighted by Crippen LogP contribution is -1.85. The van der Waals surface area contributed by atoms with E-state index in [0.717, 1.165) is 16.0 Å². The van der Waals surface area contributed by atoms with Gasteiger partial charge in [0.05, 0.1) is 5.69 Å². The van der Waals surface area contributed by atoms with Gasteiger partial charge in [-0.25, -0.2) is 13.8 Å². The van der Waals surface area contributed by atoms with Crippen LogP contribution in [0.5, 0.6) is 0 Å². The van der Waals surface area contributed by atoms with Crippen molar-refractivity contribution in [3.05, 3.63) is 39.1 Å². The standard InChI is InChI=1S/C9H4BrF2NS/c10-9-13-8(4-14-9)5-1-2-6(11)7(12)3-5/h1-4H. The lowest BCUT2D eigenvalue weighted by molar-refractivity contribution is 0.509. The summed E-state index contributed by atoms with van der Waals surface area (Å²) >= 11 is 4.60. The summed E-state index contributed by atoms with van der Waals surface area (Å²) in [4.78, 5) is 4.10. The molecule has 0 radical (unpaired) electrons. The van der Waals surface area contributed by atoms with Crippen LogP contribution in [0, 0.1) is 11.6 Å². The second kappa shape index (κ2) is 3.74. The molecule has 0 aliphatic heterocycles. The molecular formula is C9H4BrF2NS. The molecule has 2 rings (SSSR count). The number of halogens is 3. The van der Waals surface area contributed by atoms with E-state index in [0.29, 0.717) is 11.3 Å². The zero-order valence-corrected chi connectivity index (χ0v) is 9.20. The number of thiazole rings is 1. The first-order valence-electron chi connectivity index (χ1n) is 3.73. The maximum Gasteiger partial charge on any atom is 0.159 e. The topological polar surface area (TPSA) is 12.9 Å². The Morgan fingerprint density at radius 3 is 2.57 bits per heavy atom. The molecule has 1 heterocycles. The SMILES string of the molecule is Fc1ccc(-c2csc(Br)n2)cc1F. The summed E-state index contributed by atoms with van der Waals surface area (Å²) in [5, 5.41) is 1.77. The minimum Gasteiger partial charge on any atom is -0.229 e. The maximum absolute atomic E-state index is 12.9. The van der Waals surface area contributed by atoms with E-state index in [1.165, 1.54) is 17.4 Å². The molecule has 1 nitrogen and oxygen atoms in total. The largest absolute Gasteiger partial charge is 0.229 e. The summed E-state index contributed by atoms with van der Waals surface area (Å²) in [6.07, 6.45) is 0. The molecule has 0 N–H and O–H groups in total. The smallest absolute Gasteiger partial charge is 0.159 e. The molecule has 14 heavy (non-hydrogen) atoms. The maximum atomic E-state index is 12.9. The first-order chi connectivity index (χ1) is 6.66. The van der Waals surface area contributed by atoms with Gasteiger partial charge in [0.25, 0.3) is 0 Å². The summed E-state index contributed by atoms with van der Waals surface area (Å²) in [5.41, 5.74) is 1.21. The van der Waals surface area contributed by atoms with E-state index in [9.17, 15) is 8.78 Å². The van der Waals surface area contributed by atoms with Crippen LogP contribution in [0.25, 0.3) is 11.3 Å². The van der Waals surface area contributed by atoms with E-state index in [-0.39, 0.29) is 0 Å². The zero-order valence-electron chi connectivity index (χ0n) is 6.80. The van der Waals surface area contributed by atoms with Gasteiger partial charge in [0, 0.05) is 10.9 Å². The van der Waals surface area contributed by atoms with Gasteiger partial charge in [0.15, 0.2) is 15.6 Å². The zero-order chi connectivity index (χ0) is 10.1. The van der Waals surface area contributed by atoms with Crippen LogP contribution in [0.15, 0.2) is 27.5 Å². The van der Waals surface area contributed by atoms with Gasteiger partial charge in [-0.1, -0.05) is 0 Å². The Morgan fingerprint density at radius 1 is 1.21 bits per heavy atom. The molecule has 0 atom stereocenters. The molecule has 72 valence electrons. The van der Waals surface area contributed by atoms with Crippen LogP contribution in [-0.2, 0) is 0 Å². The lowest BCUT2D eigenvalue weighted by atomic mass is 10.2. The fraction of sp³-hybridized carbons (Fsp3) is 0. The summed E-state index contributed by atoms with van der Waals surface area (Å²) in [6.45, 7) is 0. The number of rotatable bonds is 1. The van der Waals surface area contributed by atoms with Crippen molar-refractivity contribution in [1.29, 1.82) is 0 Å². The van der Waals surface area contributed by atoms with E-state index in [1.807, 2.05) is 0 Å². The summed E-state index contributed by atoms with van der Waals surface area (Å²) in [5.74, 6) is -1.70. The van der Waals surface area contributed by atoms with Crippen LogP contribution in [0.3, 0.4) is 0 Å². The van der Waals surface area contributed by atoms with E-state index in [1.54, 1.807) is 5.38 Å². The fourth-order valence-electron chi connectivity index (χ4n) is 1.04. The third-order valence-corrected chi connectivity index (χ3v) is 3.06. The monoisotopic (exact) mass is 275 g/mol. The molecular weight excluding hydrogens is 272 g/mol. The minimum atomic E-state index is -0.855. The molecule has 0 fully saturated rings. The summed E-state index contributed by atoms with van der Waals surface area (Å²) in [6, 6.07) is 3.73. The number of hydrogen-bond donors (Lipinski definition) is 0. The van der Waals surface area contributed by atoms with Crippen molar-refractivity contribution in [3.8, 4) is 11.3 Å². The second-order valence-corrected chi connectivity index (χ2v) is 4.75. The highest BCUT2D eigenvalue weighted by atomic mass is 79.9. The summed E-state index contributed by atoms with van der Waals surface area (Å²) in [7, 11) is 0. The molecule has 0 saturated heterocycles. The second-order valence-electron chi connectivity index (χ2n) is 2.61. The quantitative estimate of drug-likeness (QED) is 0.771. The van der Waals surface area contributed by atoms with Gasteiger partial charge in [-0.15, -0.1) is 11.3 Å². The molecule has 0 aliphatic carbocycles. The van der Waals surface area contributed by atoms with Gasteiger partial charge in [-0.05, 0) is 34.1 Å². The van der Waals surface area contributed by atoms with Crippen molar-refractivity contribution in [2.24, 2.45) is 0 Å². The third kappa shape index (κ3) is 1.83. The first kappa shape index (κ1) is 9.73. The molecule has 1 aromatic carbocycles. The average Bonchev–Trinajstić information content (AvgIpc) is 2.57. The highest BCUT2D eigenvalue weighted by molar-refractivity contribution is 9.11. The number of aromatic nitrogens is 1. The molecule has 0 spiro atoms. The van der Waals surface area contributed by atoms with Crippen LogP contribution in [0.1, 0.15) is 0 Å². The van der Waals surface area contributed by atoms with Crippen LogP contribution >= 0.6 is 27.3 Å². The van der Waals surface area contributed by atoms with Crippen LogP contribution in [-0.4, -0.2) is 4.98 Å². The Balaban J connectivity index is 2.47. The minimum absolute atomic E-state index is 0.575. The predicted octanol–water partition coefficient (Wildman–Crippen LogP) is 3.85. The Bertz CT molecular complexity index is 470. The van der Waals surface area contributed by atoms with Crippen molar-refractivity contribution in [1.82, 2.24) is 4.98 Å². The average molecular weight is 276 g/mol. The molecule has 0 unspecified atom stereocenters. The van der Waals surface area contributed by atoms with Crippen molar-refractivity contribution in [2.75, 3.05) is 0 Å². The van der Waals surface area contributed by atoms with E-state index < -0.39 is 11.6 Å². The van der Waals surface area contributed by atoms with Crippen molar-refractivity contribution in [2.45, 2.75) is 0 Å². The van der Waals surface area contributed by atoms with Gasteiger partial charge < -0.3 is 0 Å². The number of benzene rings is 1. The Hall–Kier alpha value is -0.810. The predicted molar refractivity (Wildman–Crippen MR) is 55.2 cm³/mol. The van der Waals surface area contributed by atoms with Crippen LogP contribution in [0.4, 0.5) is 8.78 Å². The Morgan fingerprint density at radius 2 is 2.00 bits per heavy atom. The summed E-state index contributed by atoms with van der Waals surface area (Å²) < 4.78 is 26.2. The Labute approximate surface area is 91.5 Å². The Kier molecular flexibility index (Phi) is 2.60. The lowest BCUT2D eigenvalue weighted by Gasteiger charge is -1.97. The molecule has 0 aliphatic rings. The van der Waals surface area contributed by atoms with Gasteiger partial charge in [0.1, 0.15) is 0 Å². The molecule has 0 bridgehead atoms. The molecule has 0 saturated carbocycles. The van der Waals surface area contributed by atoms with Gasteiger partial charge in [-0.3, -0.25) is 0 Å². The van der Waals surface area contributed by atoms with Gasteiger partial charge in [0.2, 0.25) is 0 Å². The van der Waals surface area contributed by atoms with Crippen LogP contribution in [0.2, 0.25) is 0 Å². The van der Waals surface area contributed by atoms with Crippen molar-refractivity contribution >= 4 is 27.3 Å². The van der Waals surface area contributed by atoms with Gasteiger partial charge >= 0.3 is 0 Å². The third-order valence-electron chi connectivity index (χ3n) is 1.69. The van der Waals surface area contributed by atoms with E-state index in [2.05, 4.69) is 20.9 Å². The van der Waals surface area contributed by atoms with Gasteiger partial charge in [-0.2, -0.15) is 0 Å². The molecule has 0 amide bonds. The number of hydrogen-bond acceptors (Lipinski definition) is 2. The molecule has 5 heteroatoms. The number of nitrogens with zero attached hydrogens (tertiary/aromatic N) is 1. The van der Waals surface area contributed by atoms with E-state index in [4.69, 9.17) is 0 Å². The normalized spacial score (nSPS) is 10.5. The fourth-order valence-corrected chi connectivity index (χ4v) is 2.06. The first-order valence-corrected chi connectivity index (χ1v) is 5.40. The van der Waals surface area contributed by atoms with E-state index >= 15 is 0 Å². The highest BCUT2D eigenvalue weighted by Gasteiger charge is 2.06. The molecule has 1 aromatic heterocycles. The highest BCUT2D eigenvalue weighted by Crippen LogP contribution is 2.25. The van der Waals surface area contributed by atoms with Crippen molar-refractivity contribution in [3.63, 3.8) is 0 Å². The molecule has 2 aromatic rings. The van der Waals surface area contributed by atoms with Crippen molar-refractivity contribution < 1.29 is 8.78 Å².